The summed E-state index contributed by atoms with van der Waals surface area (Å²) in [6.07, 6.45) is 4.63. The van der Waals surface area contributed by atoms with Crippen molar-refractivity contribution in [2.24, 2.45) is 15.8 Å². The van der Waals surface area contributed by atoms with Crippen LogP contribution in [0.5, 0.6) is 11.5 Å². The first kappa shape index (κ1) is 23.6. The standard InChI is InChI=1S/C29H30N4O3/c1-35-25-16-22-21-10-6-7-11-24(21)31-28(23(22)17-26(25)36-2)20-14-12-19(13-15-20)27(32-33-29(30)34)18-8-4-3-5-9-18/h3-5,8-9,12-17,21,24H,6-7,10-11H2,1-2H3,(H3,30,33,34)/b32-27+/t21-,24-/m1/s1. The average Bonchev–Trinajstić information content (AvgIpc) is 2.92. The molecule has 1 fully saturated rings. The zero-order valence-electron chi connectivity index (χ0n) is 20.5. The number of fused-ring (bicyclic) bond motifs is 3. The lowest BCUT2D eigenvalue weighted by molar-refractivity contribution is 0.249. The highest BCUT2D eigenvalue weighted by atomic mass is 16.5. The summed E-state index contributed by atoms with van der Waals surface area (Å²) < 4.78 is 11.3. The van der Waals surface area contributed by atoms with E-state index in [1.807, 2.05) is 42.5 Å². The van der Waals surface area contributed by atoms with Gasteiger partial charge in [-0.1, -0.05) is 67.4 Å². The molecule has 1 aliphatic carbocycles. The van der Waals surface area contributed by atoms with Gasteiger partial charge < -0.3 is 15.2 Å². The number of urea groups is 1. The SMILES string of the molecule is COc1cc2c(cc1OC)[C@H]1CCCC[C@H]1N=C2c1ccc(/C(=N/NC(N)=O)c2ccccc2)cc1. The van der Waals surface area contributed by atoms with E-state index in [2.05, 4.69) is 34.8 Å². The molecular weight excluding hydrogens is 452 g/mol. The Kier molecular flexibility index (Phi) is 6.71. The molecular formula is C29H30N4O3. The number of hydrazone groups is 1. The lowest BCUT2D eigenvalue weighted by Gasteiger charge is -2.35. The molecule has 1 saturated carbocycles. The first-order valence-electron chi connectivity index (χ1n) is 12.2. The van der Waals surface area contributed by atoms with Gasteiger partial charge in [-0.2, -0.15) is 5.10 Å². The van der Waals surface area contributed by atoms with Crippen LogP contribution in [-0.4, -0.2) is 37.7 Å². The topological polar surface area (TPSA) is 98.3 Å². The van der Waals surface area contributed by atoms with Crippen molar-refractivity contribution in [1.82, 2.24) is 5.43 Å². The molecule has 184 valence electrons. The molecule has 0 aromatic heterocycles. The van der Waals surface area contributed by atoms with Gasteiger partial charge >= 0.3 is 6.03 Å². The summed E-state index contributed by atoms with van der Waals surface area (Å²) in [7, 11) is 3.34. The molecule has 2 atom stereocenters. The number of carbonyl (C=O) groups excluding carboxylic acids is 1. The summed E-state index contributed by atoms with van der Waals surface area (Å²) in [5.74, 6) is 1.85. The molecule has 1 heterocycles. The van der Waals surface area contributed by atoms with Gasteiger partial charge in [-0.25, -0.2) is 10.2 Å². The van der Waals surface area contributed by atoms with Crippen molar-refractivity contribution in [1.29, 1.82) is 0 Å². The third-order valence-corrected chi connectivity index (χ3v) is 6.99. The number of nitrogens with zero attached hydrogens (tertiary/aromatic N) is 2. The van der Waals surface area contributed by atoms with Crippen LogP contribution in [0.3, 0.4) is 0 Å². The number of primary amides is 1. The van der Waals surface area contributed by atoms with Crippen molar-refractivity contribution in [3.63, 3.8) is 0 Å². The second kappa shape index (κ2) is 10.2. The van der Waals surface area contributed by atoms with E-state index in [0.29, 0.717) is 17.4 Å². The minimum atomic E-state index is -0.709. The van der Waals surface area contributed by atoms with E-state index in [9.17, 15) is 4.79 Å². The fourth-order valence-electron chi connectivity index (χ4n) is 5.29. The van der Waals surface area contributed by atoms with Crippen LogP contribution in [0, 0.1) is 0 Å². The molecule has 36 heavy (non-hydrogen) atoms. The highest BCUT2D eigenvalue weighted by Gasteiger charge is 2.34. The zero-order chi connectivity index (χ0) is 25.1. The van der Waals surface area contributed by atoms with E-state index >= 15 is 0 Å². The van der Waals surface area contributed by atoms with Crippen LogP contribution in [-0.2, 0) is 0 Å². The molecule has 3 aromatic rings. The molecule has 0 radical (unpaired) electrons. The quantitative estimate of drug-likeness (QED) is 0.382. The number of aliphatic imine (C=N–C) groups is 1. The summed E-state index contributed by atoms with van der Waals surface area (Å²) in [6, 6.07) is 21.5. The number of hydrogen-bond acceptors (Lipinski definition) is 5. The number of ether oxygens (including phenoxy) is 2. The Morgan fingerprint density at radius 1 is 0.944 bits per heavy atom. The number of nitrogens with one attached hydrogen (secondary N) is 1. The number of methoxy groups -OCH3 is 2. The Bertz CT molecular complexity index is 1320. The summed E-state index contributed by atoms with van der Waals surface area (Å²) in [5.41, 5.74) is 14.4. The molecule has 0 spiro atoms. The van der Waals surface area contributed by atoms with Gasteiger partial charge in [0, 0.05) is 28.2 Å². The van der Waals surface area contributed by atoms with Crippen LogP contribution in [0.4, 0.5) is 4.79 Å². The maximum atomic E-state index is 11.3. The number of rotatable bonds is 6. The maximum Gasteiger partial charge on any atom is 0.332 e. The highest BCUT2D eigenvalue weighted by molar-refractivity contribution is 6.16. The van der Waals surface area contributed by atoms with Gasteiger partial charge in [0.15, 0.2) is 11.5 Å². The van der Waals surface area contributed by atoms with Gasteiger partial charge in [-0.15, -0.1) is 0 Å². The minimum absolute atomic E-state index is 0.264. The lowest BCUT2D eigenvalue weighted by atomic mass is 9.75. The third kappa shape index (κ3) is 4.56. The first-order chi connectivity index (χ1) is 17.6. The monoisotopic (exact) mass is 482 g/mol. The Balaban J connectivity index is 1.56. The largest absolute Gasteiger partial charge is 0.493 e. The molecule has 1 aliphatic heterocycles. The van der Waals surface area contributed by atoms with Crippen LogP contribution >= 0.6 is 0 Å². The van der Waals surface area contributed by atoms with Crippen molar-refractivity contribution in [3.8, 4) is 11.5 Å². The normalized spacial score (nSPS) is 18.9. The van der Waals surface area contributed by atoms with Gasteiger partial charge in [-0.05, 0) is 30.5 Å². The molecule has 2 aliphatic rings. The second-order valence-electron chi connectivity index (χ2n) is 9.11. The smallest absolute Gasteiger partial charge is 0.332 e. The summed E-state index contributed by atoms with van der Waals surface area (Å²) in [4.78, 5) is 16.6. The fraction of sp³-hybridized carbons (Fsp3) is 0.276. The Morgan fingerprint density at radius 3 is 2.31 bits per heavy atom. The number of benzene rings is 3. The Hall–Kier alpha value is -4.13. The van der Waals surface area contributed by atoms with Gasteiger partial charge in [-0.3, -0.25) is 4.99 Å². The maximum absolute atomic E-state index is 11.3. The third-order valence-electron chi connectivity index (χ3n) is 6.99. The second-order valence-corrected chi connectivity index (χ2v) is 9.11. The van der Waals surface area contributed by atoms with E-state index in [1.165, 1.54) is 18.4 Å². The molecule has 3 aromatic carbocycles. The van der Waals surface area contributed by atoms with Crippen LogP contribution in [0.1, 0.15) is 59.4 Å². The molecule has 0 unspecified atom stereocenters. The number of hydrogen-bond donors (Lipinski definition) is 2. The summed E-state index contributed by atoms with van der Waals surface area (Å²) >= 11 is 0. The summed E-state index contributed by atoms with van der Waals surface area (Å²) in [6.45, 7) is 0. The number of carbonyl (C=O) groups is 1. The molecule has 0 bridgehead atoms. The van der Waals surface area contributed by atoms with E-state index in [4.69, 9.17) is 20.2 Å². The van der Waals surface area contributed by atoms with E-state index < -0.39 is 6.03 Å². The zero-order valence-corrected chi connectivity index (χ0v) is 20.5. The molecule has 0 saturated heterocycles. The van der Waals surface area contributed by atoms with Gasteiger partial charge in [0.1, 0.15) is 0 Å². The Labute approximate surface area is 211 Å². The average molecular weight is 483 g/mol. The molecule has 5 rings (SSSR count). The minimum Gasteiger partial charge on any atom is -0.493 e. The molecule has 7 nitrogen and oxygen atoms in total. The van der Waals surface area contributed by atoms with E-state index in [0.717, 1.165) is 46.6 Å². The highest BCUT2D eigenvalue weighted by Crippen LogP contribution is 2.44. The van der Waals surface area contributed by atoms with Crippen LogP contribution < -0.4 is 20.6 Å². The van der Waals surface area contributed by atoms with Crippen LogP contribution in [0.2, 0.25) is 0 Å². The van der Waals surface area contributed by atoms with E-state index in [1.54, 1.807) is 14.2 Å². The molecule has 3 N–H and O–H groups in total. The number of amides is 2. The van der Waals surface area contributed by atoms with Crippen molar-refractivity contribution in [3.05, 3.63) is 94.5 Å². The van der Waals surface area contributed by atoms with Crippen molar-refractivity contribution < 1.29 is 14.3 Å². The van der Waals surface area contributed by atoms with Gasteiger partial charge in [0.25, 0.3) is 0 Å². The molecule has 7 heteroatoms. The predicted octanol–water partition coefficient (Wildman–Crippen LogP) is 5.00. The van der Waals surface area contributed by atoms with Crippen LogP contribution in [0.15, 0.2) is 76.8 Å². The van der Waals surface area contributed by atoms with Crippen molar-refractivity contribution in [2.75, 3.05) is 14.2 Å². The van der Waals surface area contributed by atoms with E-state index in [-0.39, 0.29) is 6.04 Å². The Morgan fingerprint density at radius 2 is 1.61 bits per heavy atom. The predicted molar refractivity (Wildman–Crippen MR) is 141 cm³/mol. The first-order valence-corrected chi connectivity index (χ1v) is 12.2. The van der Waals surface area contributed by atoms with Gasteiger partial charge in [0.2, 0.25) is 0 Å². The van der Waals surface area contributed by atoms with Crippen molar-refractivity contribution in [2.45, 2.75) is 37.6 Å². The van der Waals surface area contributed by atoms with Gasteiger partial charge in [0.05, 0.1) is 31.7 Å². The molecule has 2 amide bonds. The number of nitrogens with two attached hydrogens (primary N) is 1. The van der Waals surface area contributed by atoms with Crippen molar-refractivity contribution >= 4 is 17.5 Å². The van der Waals surface area contributed by atoms with Crippen LogP contribution in [0.25, 0.3) is 0 Å². The summed E-state index contributed by atoms with van der Waals surface area (Å²) in [5, 5.41) is 4.27. The fourth-order valence-corrected chi connectivity index (χ4v) is 5.29. The lowest BCUT2D eigenvalue weighted by Crippen LogP contribution is -2.29.